The van der Waals surface area contributed by atoms with Crippen LogP contribution < -0.4 is 0 Å². The van der Waals surface area contributed by atoms with Crippen molar-refractivity contribution in [3.05, 3.63) is 0 Å². The molecule has 15 heavy (non-hydrogen) atoms. The Kier molecular flexibility index (Phi) is 30.7. The fourth-order valence-electron chi connectivity index (χ4n) is 0. The van der Waals surface area contributed by atoms with E-state index >= 15 is 0 Å². The number of hydrogen-bond donors (Lipinski definition) is 4. The van der Waals surface area contributed by atoms with E-state index in [9.17, 15) is 9.59 Å². The number of carboxylic acid groups (broad SMARTS) is 2. The third-order valence-corrected chi connectivity index (χ3v) is 0.715. The molecule has 8 nitrogen and oxygen atoms in total. The second-order valence-corrected chi connectivity index (χ2v) is 2.03. The van der Waals surface area contributed by atoms with Crippen LogP contribution in [-0.2, 0) is 26.7 Å². The van der Waals surface area contributed by atoms with Crippen LogP contribution in [0.1, 0.15) is 13.8 Å². The minimum Gasteiger partial charge on any atom is -0.479 e. The smallest absolute Gasteiger partial charge is 0.332 e. The summed E-state index contributed by atoms with van der Waals surface area (Å²) >= 11 is 0. The molecule has 0 aliphatic rings. The minimum absolute atomic E-state index is 0. The molecule has 0 radical (unpaired) electrons. The summed E-state index contributed by atoms with van der Waals surface area (Å²) in [6.07, 6.45) is -2.46. The van der Waals surface area contributed by atoms with Crippen molar-refractivity contribution in [3.63, 3.8) is 0 Å². The zero-order valence-corrected chi connectivity index (χ0v) is 9.22. The van der Waals surface area contributed by atoms with Gasteiger partial charge in [-0.15, -0.1) is 0 Å². The van der Waals surface area contributed by atoms with E-state index in [1.807, 2.05) is 0 Å². The number of carbonyl (C=O) groups is 2. The van der Waals surface area contributed by atoms with Gasteiger partial charge in [-0.25, -0.2) is 9.59 Å². The minimum atomic E-state index is -1.23. The fraction of sp³-hybridized carbons (Fsp3) is 0.667. The van der Waals surface area contributed by atoms with Crippen molar-refractivity contribution in [1.29, 1.82) is 0 Å². The van der Waals surface area contributed by atoms with E-state index in [1.54, 1.807) is 0 Å². The van der Waals surface area contributed by atoms with Crippen molar-refractivity contribution >= 4 is 11.9 Å². The first-order valence-electron chi connectivity index (χ1n) is 3.10. The average molecular weight is 272 g/mol. The van der Waals surface area contributed by atoms with Crippen molar-refractivity contribution in [2.75, 3.05) is 0 Å². The van der Waals surface area contributed by atoms with Crippen LogP contribution >= 0.6 is 0 Å². The molecule has 0 aromatic heterocycles. The Balaban J connectivity index is -0.0000000370. The van der Waals surface area contributed by atoms with Crippen molar-refractivity contribution in [2.24, 2.45) is 0 Å². The molecule has 0 aliphatic heterocycles. The third-order valence-electron chi connectivity index (χ3n) is 0.715. The van der Waals surface area contributed by atoms with Crippen LogP contribution in [0.4, 0.5) is 0 Å². The van der Waals surface area contributed by atoms with Crippen LogP contribution in [0.15, 0.2) is 0 Å². The molecule has 0 amide bonds. The summed E-state index contributed by atoms with van der Waals surface area (Å²) in [6, 6.07) is 0. The van der Waals surface area contributed by atoms with Gasteiger partial charge in [0.15, 0.2) is 0 Å². The SMILES string of the molecule is CC(O)C(=O)O.CC(O)C(=O)O.O.O.[Fe]. The number of rotatable bonds is 2. The van der Waals surface area contributed by atoms with E-state index in [-0.39, 0.29) is 28.0 Å². The molecule has 2 atom stereocenters. The molecule has 0 rings (SSSR count). The van der Waals surface area contributed by atoms with E-state index in [1.165, 1.54) is 13.8 Å². The summed E-state index contributed by atoms with van der Waals surface area (Å²) in [5, 5.41) is 31.5. The van der Waals surface area contributed by atoms with Crippen LogP contribution in [0.5, 0.6) is 0 Å². The van der Waals surface area contributed by atoms with Gasteiger partial charge in [0.05, 0.1) is 0 Å². The second-order valence-electron chi connectivity index (χ2n) is 2.03. The van der Waals surface area contributed by atoms with Gasteiger partial charge in [0.25, 0.3) is 0 Å². The van der Waals surface area contributed by atoms with Gasteiger partial charge >= 0.3 is 11.9 Å². The molecule has 0 fully saturated rings. The Morgan fingerprint density at radius 3 is 0.933 bits per heavy atom. The van der Waals surface area contributed by atoms with Crippen LogP contribution in [-0.4, -0.2) is 55.5 Å². The number of aliphatic hydroxyl groups is 2. The molecular weight excluding hydrogens is 256 g/mol. The molecule has 0 saturated heterocycles. The number of carboxylic acids is 2. The van der Waals surface area contributed by atoms with Gasteiger partial charge in [-0.1, -0.05) is 0 Å². The molecule has 0 aliphatic carbocycles. The Hall–Kier alpha value is -0.701. The fourth-order valence-corrected chi connectivity index (χ4v) is 0. The molecule has 0 spiro atoms. The molecule has 0 bridgehead atoms. The number of aliphatic hydroxyl groups excluding tert-OH is 2. The normalized spacial score (nSPS) is 10.9. The van der Waals surface area contributed by atoms with Gasteiger partial charge in [-0.2, -0.15) is 0 Å². The summed E-state index contributed by atoms with van der Waals surface area (Å²) in [4.78, 5) is 18.9. The maximum atomic E-state index is 9.45. The van der Waals surface area contributed by atoms with Crippen molar-refractivity contribution in [3.8, 4) is 0 Å². The molecular formula is C6H16FeO8. The summed E-state index contributed by atoms with van der Waals surface area (Å²) in [5.41, 5.74) is 0. The largest absolute Gasteiger partial charge is 0.479 e. The van der Waals surface area contributed by atoms with Gasteiger partial charge in [-0.05, 0) is 13.8 Å². The van der Waals surface area contributed by atoms with E-state index in [2.05, 4.69) is 0 Å². The molecule has 0 saturated carbocycles. The molecule has 0 aromatic carbocycles. The van der Waals surface area contributed by atoms with E-state index in [0.717, 1.165) is 0 Å². The zero-order valence-electron chi connectivity index (χ0n) is 8.11. The first-order valence-corrected chi connectivity index (χ1v) is 3.10. The average Bonchev–Trinajstić information content (AvgIpc) is 1.88. The summed E-state index contributed by atoms with van der Waals surface area (Å²) in [5.74, 6) is -2.37. The van der Waals surface area contributed by atoms with Gasteiger partial charge < -0.3 is 31.4 Å². The zero-order chi connectivity index (χ0) is 10.3. The molecule has 2 unspecified atom stereocenters. The first kappa shape index (κ1) is 29.2. The molecule has 96 valence electrons. The summed E-state index contributed by atoms with van der Waals surface area (Å²) in [7, 11) is 0. The predicted octanol–water partition coefficient (Wildman–Crippen LogP) is -2.75. The van der Waals surface area contributed by atoms with Crippen LogP contribution in [0.3, 0.4) is 0 Å². The summed E-state index contributed by atoms with van der Waals surface area (Å²) in [6.45, 7) is 2.39. The maximum Gasteiger partial charge on any atom is 0.332 e. The van der Waals surface area contributed by atoms with Crippen molar-refractivity contribution in [2.45, 2.75) is 26.1 Å². The predicted molar refractivity (Wildman–Crippen MR) is 45.9 cm³/mol. The van der Waals surface area contributed by atoms with Gasteiger partial charge in [0, 0.05) is 17.1 Å². The second kappa shape index (κ2) is 15.8. The Labute approximate surface area is 96.6 Å². The van der Waals surface area contributed by atoms with Crippen molar-refractivity contribution in [1.82, 2.24) is 0 Å². The quantitative estimate of drug-likeness (QED) is 0.395. The van der Waals surface area contributed by atoms with Crippen LogP contribution in [0.25, 0.3) is 0 Å². The first-order chi connectivity index (χ1) is 5.29. The van der Waals surface area contributed by atoms with Gasteiger partial charge in [0.1, 0.15) is 12.2 Å². The third kappa shape index (κ3) is 31.9. The number of aliphatic carboxylic acids is 2. The van der Waals surface area contributed by atoms with Crippen LogP contribution in [0, 0.1) is 0 Å². The standard InChI is InChI=1S/2C3H6O3.Fe.2H2O/c2*1-2(4)3(5)6;;;/h2*2,4H,1H3,(H,5,6);;2*1H2. The number of hydrogen-bond acceptors (Lipinski definition) is 4. The van der Waals surface area contributed by atoms with E-state index in [4.69, 9.17) is 20.4 Å². The Morgan fingerprint density at radius 1 is 0.867 bits per heavy atom. The van der Waals surface area contributed by atoms with Gasteiger partial charge in [-0.3, -0.25) is 0 Å². The Morgan fingerprint density at radius 2 is 0.933 bits per heavy atom. The molecule has 8 N–H and O–H groups in total. The topological polar surface area (TPSA) is 178 Å². The molecule has 9 heteroatoms. The van der Waals surface area contributed by atoms with Gasteiger partial charge in [0.2, 0.25) is 0 Å². The molecule has 0 aromatic rings. The molecule has 0 heterocycles. The van der Waals surface area contributed by atoms with Crippen LogP contribution in [0.2, 0.25) is 0 Å². The maximum absolute atomic E-state index is 9.45. The van der Waals surface area contributed by atoms with E-state index in [0.29, 0.717) is 0 Å². The summed E-state index contributed by atoms with van der Waals surface area (Å²) < 4.78 is 0. The Bertz CT molecular complexity index is 139. The monoisotopic (exact) mass is 272 g/mol. The van der Waals surface area contributed by atoms with E-state index < -0.39 is 24.1 Å². The van der Waals surface area contributed by atoms with Crippen molar-refractivity contribution < 1.29 is 58.0 Å².